The molecule has 0 atom stereocenters. The molecule has 0 unspecified atom stereocenters. The largest absolute Gasteiger partial charge is 0.382 e. The van der Waals surface area contributed by atoms with Crippen molar-refractivity contribution in [1.82, 2.24) is 5.32 Å². The number of carbonyl (C=O) groups is 1. The molecule has 0 fully saturated rings. The molecular formula is C6H14N2O4S. The quantitative estimate of drug-likeness (QED) is 0.630. The van der Waals surface area contributed by atoms with Crippen LogP contribution in [0, 0.1) is 0 Å². The normalized spacial score (nSPS) is 12.6. The van der Waals surface area contributed by atoms with Crippen molar-refractivity contribution in [2.75, 3.05) is 6.54 Å². The lowest BCUT2D eigenvalue weighted by Crippen LogP contribution is -2.40. The standard InChI is InChI=1S/C6H14N2O4S/c1-6(2,3)8-4-5(9)12-13(7,10)11/h8H,4H2,1-3H3,(H2,7,10,11). The highest BCUT2D eigenvalue weighted by molar-refractivity contribution is 7.84. The van der Waals surface area contributed by atoms with Crippen LogP contribution in [-0.2, 0) is 19.3 Å². The molecule has 0 amide bonds. The first kappa shape index (κ1) is 12.3. The maximum atomic E-state index is 10.8. The number of nitrogens with one attached hydrogen (secondary N) is 1. The van der Waals surface area contributed by atoms with E-state index < -0.39 is 16.3 Å². The Labute approximate surface area is 77.7 Å². The summed E-state index contributed by atoms with van der Waals surface area (Å²) in [6.45, 7) is 5.30. The van der Waals surface area contributed by atoms with Crippen LogP contribution >= 0.6 is 0 Å². The van der Waals surface area contributed by atoms with Gasteiger partial charge in [-0.2, -0.15) is 13.6 Å². The molecule has 13 heavy (non-hydrogen) atoms. The van der Waals surface area contributed by atoms with Crippen molar-refractivity contribution in [3.05, 3.63) is 0 Å². The summed E-state index contributed by atoms with van der Waals surface area (Å²) in [5.41, 5.74) is -0.280. The predicted molar refractivity (Wildman–Crippen MR) is 47.0 cm³/mol. The van der Waals surface area contributed by atoms with Gasteiger partial charge in [0, 0.05) is 5.54 Å². The number of nitrogens with two attached hydrogens (primary N) is 1. The summed E-state index contributed by atoms with van der Waals surface area (Å²) >= 11 is 0. The molecule has 0 aliphatic heterocycles. The summed E-state index contributed by atoms with van der Waals surface area (Å²) in [4.78, 5) is 10.8. The van der Waals surface area contributed by atoms with E-state index in [1.807, 2.05) is 20.8 Å². The van der Waals surface area contributed by atoms with Crippen molar-refractivity contribution >= 4 is 16.3 Å². The molecular weight excluding hydrogens is 196 g/mol. The van der Waals surface area contributed by atoms with Crippen LogP contribution in [-0.4, -0.2) is 26.5 Å². The molecule has 0 spiro atoms. The topological polar surface area (TPSA) is 98.5 Å². The molecule has 0 aliphatic carbocycles. The Morgan fingerprint density at radius 1 is 1.46 bits per heavy atom. The van der Waals surface area contributed by atoms with Gasteiger partial charge < -0.3 is 9.50 Å². The molecule has 0 saturated heterocycles. The van der Waals surface area contributed by atoms with E-state index in [2.05, 4.69) is 14.6 Å². The predicted octanol–water partition coefficient (Wildman–Crippen LogP) is -0.879. The third kappa shape index (κ3) is 9.25. The molecule has 0 aromatic rings. The Morgan fingerprint density at radius 3 is 2.23 bits per heavy atom. The second-order valence-corrected chi connectivity index (χ2v) is 4.70. The van der Waals surface area contributed by atoms with Gasteiger partial charge in [-0.05, 0) is 20.8 Å². The molecule has 0 aliphatic rings. The maximum absolute atomic E-state index is 10.8. The third-order valence-corrected chi connectivity index (χ3v) is 1.39. The zero-order valence-corrected chi connectivity index (χ0v) is 8.64. The van der Waals surface area contributed by atoms with Crippen molar-refractivity contribution in [2.45, 2.75) is 26.3 Å². The molecule has 0 radical (unpaired) electrons. The van der Waals surface area contributed by atoms with E-state index >= 15 is 0 Å². The van der Waals surface area contributed by atoms with Crippen LogP contribution in [0.1, 0.15) is 20.8 Å². The number of rotatable bonds is 3. The van der Waals surface area contributed by atoms with Crippen LogP contribution in [0.4, 0.5) is 0 Å². The molecule has 0 heterocycles. The summed E-state index contributed by atoms with van der Waals surface area (Å²) in [6.07, 6.45) is 0. The minimum absolute atomic E-state index is 0.195. The van der Waals surface area contributed by atoms with E-state index in [1.165, 1.54) is 0 Å². The van der Waals surface area contributed by atoms with E-state index in [0.29, 0.717) is 0 Å². The van der Waals surface area contributed by atoms with Gasteiger partial charge in [0.05, 0.1) is 6.54 Å². The summed E-state index contributed by atoms with van der Waals surface area (Å²) in [6, 6.07) is 0. The van der Waals surface area contributed by atoms with Gasteiger partial charge in [-0.25, -0.2) is 4.79 Å². The lowest BCUT2D eigenvalue weighted by Gasteiger charge is -2.19. The number of hydrogen-bond donors (Lipinski definition) is 2. The lowest BCUT2D eigenvalue weighted by atomic mass is 10.1. The first-order valence-corrected chi connectivity index (χ1v) is 5.07. The van der Waals surface area contributed by atoms with Gasteiger partial charge in [-0.1, -0.05) is 0 Å². The molecule has 78 valence electrons. The number of hydrogen-bond acceptors (Lipinski definition) is 5. The first-order valence-electron chi connectivity index (χ1n) is 3.60. The molecule has 0 aromatic carbocycles. The zero-order chi connectivity index (χ0) is 10.7. The van der Waals surface area contributed by atoms with Gasteiger partial charge in [-0.3, -0.25) is 0 Å². The fourth-order valence-corrected chi connectivity index (χ4v) is 0.814. The minimum Gasteiger partial charge on any atom is -0.333 e. The second-order valence-electron chi connectivity index (χ2n) is 3.55. The second kappa shape index (κ2) is 4.03. The molecule has 0 rings (SSSR count). The Hall–Kier alpha value is -0.660. The number of carbonyl (C=O) groups excluding carboxylic acids is 1. The summed E-state index contributed by atoms with van der Waals surface area (Å²) in [7, 11) is -4.18. The highest BCUT2D eigenvalue weighted by Crippen LogP contribution is 1.97. The Kier molecular flexibility index (Phi) is 3.83. The van der Waals surface area contributed by atoms with Crippen LogP contribution in [0.25, 0.3) is 0 Å². The van der Waals surface area contributed by atoms with E-state index in [0.717, 1.165) is 0 Å². The van der Waals surface area contributed by atoms with Gasteiger partial charge >= 0.3 is 16.3 Å². The molecule has 3 N–H and O–H groups in total. The van der Waals surface area contributed by atoms with Gasteiger partial charge in [0.25, 0.3) is 0 Å². The molecule has 7 heteroatoms. The summed E-state index contributed by atoms with van der Waals surface area (Å²) < 4.78 is 24.4. The SMILES string of the molecule is CC(C)(C)NCC(=O)OS(N)(=O)=O. The van der Waals surface area contributed by atoms with Gasteiger partial charge in [0.1, 0.15) is 0 Å². The highest BCUT2D eigenvalue weighted by atomic mass is 32.2. The summed E-state index contributed by atoms with van der Waals surface area (Å²) in [5, 5.41) is 7.23. The van der Waals surface area contributed by atoms with Crippen molar-refractivity contribution in [3.8, 4) is 0 Å². The minimum atomic E-state index is -4.18. The highest BCUT2D eigenvalue weighted by Gasteiger charge is 2.15. The fourth-order valence-electron chi connectivity index (χ4n) is 0.496. The van der Waals surface area contributed by atoms with E-state index in [9.17, 15) is 13.2 Å². The van der Waals surface area contributed by atoms with Crippen molar-refractivity contribution < 1.29 is 17.4 Å². The maximum Gasteiger partial charge on any atom is 0.382 e. The average Bonchev–Trinajstić information content (AvgIpc) is 1.78. The Balaban J connectivity index is 3.92. The molecule has 0 saturated carbocycles. The van der Waals surface area contributed by atoms with E-state index in [-0.39, 0.29) is 12.1 Å². The van der Waals surface area contributed by atoms with Crippen LogP contribution in [0.2, 0.25) is 0 Å². The average molecular weight is 210 g/mol. The van der Waals surface area contributed by atoms with Gasteiger partial charge in [-0.15, -0.1) is 0 Å². The molecule has 0 bridgehead atoms. The van der Waals surface area contributed by atoms with Crippen molar-refractivity contribution in [1.29, 1.82) is 0 Å². The Bertz CT molecular complexity index is 277. The van der Waals surface area contributed by atoms with Crippen LogP contribution < -0.4 is 10.5 Å². The smallest absolute Gasteiger partial charge is 0.333 e. The third-order valence-electron chi connectivity index (χ3n) is 0.972. The first-order chi connectivity index (χ1) is 5.60. The van der Waals surface area contributed by atoms with E-state index in [1.54, 1.807) is 0 Å². The lowest BCUT2D eigenvalue weighted by molar-refractivity contribution is -0.133. The fraction of sp³-hybridized carbons (Fsp3) is 0.833. The Morgan fingerprint density at radius 2 is 1.92 bits per heavy atom. The van der Waals surface area contributed by atoms with Crippen molar-refractivity contribution in [3.63, 3.8) is 0 Å². The van der Waals surface area contributed by atoms with Crippen LogP contribution in [0.5, 0.6) is 0 Å². The van der Waals surface area contributed by atoms with E-state index in [4.69, 9.17) is 0 Å². The van der Waals surface area contributed by atoms with Gasteiger partial charge in [0.2, 0.25) is 0 Å². The van der Waals surface area contributed by atoms with Crippen molar-refractivity contribution in [2.24, 2.45) is 5.14 Å². The van der Waals surface area contributed by atoms with Crippen LogP contribution in [0.3, 0.4) is 0 Å². The van der Waals surface area contributed by atoms with Crippen LogP contribution in [0.15, 0.2) is 0 Å². The molecule has 6 nitrogen and oxygen atoms in total. The zero-order valence-electron chi connectivity index (χ0n) is 7.83. The van der Waals surface area contributed by atoms with Gasteiger partial charge in [0.15, 0.2) is 0 Å². The monoisotopic (exact) mass is 210 g/mol. The summed E-state index contributed by atoms with van der Waals surface area (Å²) in [5.74, 6) is -0.919. The molecule has 0 aromatic heterocycles.